The van der Waals surface area contributed by atoms with Crippen molar-refractivity contribution in [2.45, 2.75) is 6.10 Å². The molecular weight excluding hydrogens is 234 g/mol. The summed E-state index contributed by atoms with van der Waals surface area (Å²) in [6, 6.07) is 3.32. The summed E-state index contributed by atoms with van der Waals surface area (Å²) in [5.74, 6) is -0.308. The van der Waals surface area contributed by atoms with Crippen molar-refractivity contribution < 1.29 is 14.3 Å². The monoisotopic (exact) mass is 249 g/mol. The van der Waals surface area contributed by atoms with Crippen LogP contribution in [0.4, 0.5) is 0 Å². The maximum absolute atomic E-state index is 12.2. The van der Waals surface area contributed by atoms with Gasteiger partial charge < -0.3 is 15.0 Å². The maximum atomic E-state index is 12.2. The van der Waals surface area contributed by atoms with Gasteiger partial charge in [-0.1, -0.05) is 0 Å². The highest BCUT2D eigenvalue weighted by Gasteiger charge is 2.28. The van der Waals surface area contributed by atoms with Crippen molar-refractivity contribution in [2.75, 3.05) is 26.7 Å². The summed E-state index contributed by atoms with van der Waals surface area (Å²) in [5, 5.41) is 2.52. The number of carbonyl (C=O) groups is 2. The fourth-order valence-corrected chi connectivity index (χ4v) is 1.83. The van der Waals surface area contributed by atoms with Gasteiger partial charge in [-0.25, -0.2) is 0 Å². The second-order valence-corrected chi connectivity index (χ2v) is 3.96. The summed E-state index contributed by atoms with van der Waals surface area (Å²) in [6.07, 6.45) is 2.56. The molecule has 1 N–H and O–H groups in total. The van der Waals surface area contributed by atoms with E-state index in [0.29, 0.717) is 18.7 Å². The van der Waals surface area contributed by atoms with E-state index >= 15 is 0 Å². The first kappa shape index (κ1) is 12.5. The van der Waals surface area contributed by atoms with Crippen LogP contribution in [0.5, 0.6) is 0 Å². The van der Waals surface area contributed by atoms with Crippen LogP contribution >= 0.6 is 0 Å². The molecule has 6 nitrogen and oxygen atoms in total. The first-order valence-electron chi connectivity index (χ1n) is 5.75. The van der Waals surface area contributed by atoms with Gasteiger partial charge in [-0.05, 0) is 12.1 Å². The van der Waals surface area contributed by atoms with Crippen LogP contribution in [0.2, 0.25) is 0 Å². The number of nitrogens with one attached hydrogen (secondary N) is 1. The van der Waals surface area contributed by atoms with Crippen LogP contribution in [0.25, 0.3) is 0 Å². The number of morpholine rings is 1. The van der Waals surface area contributed by atoms with E-state index in [9.17, 15) is 9.59 Å². The lowest BCUT2D eigenvalue weighted by molar-refractivity contribution is -0.136. The number of aromatic nitrogens is 1. The average Bonchev–Trinajstić information content (AvgIpc) is 2.46. The number of pyridine rings is 1. The lowest BCUT2D eigenvalue weighted by atomic mass is 10.2. The molecule has 2 heterocycles. The Hall–Kier alpha value is -1.95. The van der Waals surface area contributed by atoms with Crippen molar-refractivity contribution in [1.82, 2.24) is 15.2 Å². The second-order valence-electron chi connectivity index (χ2n) is 3.96. The number of ether oxygens (including phenoxy) is 1. The van der Waals surface area contributed by atoms with Gasteiger partial charge in [0, 0.05) is 31.5 Å². The predicted octanol–water partition coefficient (Wildman–Crippen LogP) is -0.331. The molecule has 0 saturated carbocycles. The number of amides is 2. The molecule has 0 unspecified atom stereocenters. The fourth-order valence-electron chi connectivity index (χ4n) is 1.83. The van der Waals surface area contributed by atoms with Crippen LogP contribution in [0.1, 0.15) is 10.4 Å². The number of carbonyl (C=O) groups excluding carboxylic acids is 2. The zero-order valence-corrected chi connectivity index (χ0v) is 10.1. The molecule has 2 rings (SSSR count). The Labute approximate surface area is 105 Å². The molecule has 1 atom stereocenters. The lowest BCUT2D eigenvalue weighted by Crippen LogP contribution is -2.51. The molecule has 1 aromatic heterocycles. The first-order valence-corrected chi connectivity index (χ1v) is 5.75. The van der Waals surface area contributed by atoms with Crippen LogP contribution in [0.3, 0.4) is 0 Å². The van der Waals surface area contributed by atoms with Gasteiger partial charge in [0.05, 0.1) is 13.2 Å². The minimum atomic E-state index is -0.588. The topological polar surface area (TPSA) is 71.5 Å². The van der Waals surface area contributed by atoms with Gasteiger partial charge in [-0.3, -0.25) is 14.6 Å². The zero-order valence-electron chi connectivity index (χ0n) is 10.1. The Kier molecular flexibility index (Phi) is 3.88. The Balaban J connectivity index is 2.05. The van der Waals surface area contributed by atoms with Gasteiger partial charge in [0.25, 0.3) is 11.8 Å². The lowest BCUT2D eigenvalue weighted by Gasteiger charge is -2.32. The molecule has 0 aromatic carbocycles. The van der Waals surface area contributed by atoms with Gasteiger partial charge >= 0.3 is 0 Å². The number of likely N-dealkylation sites (N-methyl/N-ethyl adjacent to an activating group) is 1. The van der Waals surface area contributed by atoms with E-state index in [0.717, 1.165) is 0 Å². The number of nitrogens with zero attached hydrogens (tertiary/aromatic N) is 2. The average molecular weight is 249 g/mol. The molecule has 1 aromatic rings. The summed E-state index contributed by atoms with van der Waals surface area (Å²) in [7, 11) is 1.55. The third kappa shape index (κ3) is 2.65. The first-order chi connectivity index (χ1) is 8.72. The third-order valence-corrected chi connectivity index (χ3v) is 2.82. The highest BCUT2D eigenvalue weighted by atomic mass is 16.5. The molecule has 96 valence electrons. The number of hydrogen-bond acceptors (Lipinski definition) is 4. The van der Waals surface area contributed by atoms with Gasteiger partial charge in [-0.2, -0.15) is 0 Å². The summed E-state index contributed by atoms with van der Waals surface area (Å²) in [5.41, 5.74) is 0.572. The van der Waals surface area contributed by atoms with Gasteiger partial charge in [0.1, 0.15) is 0 Å². The molecule has 1 fully saturated rings. The Bertz CT molecular complexity index is 435. The van der Waals surface area contributed by atoms with Crippen molar-refractivity contribution in [2.24, 2.45) is 0 Å². The molecule has 2 amide bonds. The molecule has 0 bridgehead atoms. The predicted molar refractivity (Wildman–Crippen MR) is 63.9 cm³/mol. The van der Waals surface area contributed by atoms with Gasteiger partial charge in [-0.15, -0.1) is 0 Å². The highest BCUT2D eigenvalue weighted by Crippen LogP contribution is 2.10. The van der Waals surface area contributed by atoms with E-state index in [1.54, 1.807) is 36.5 Å². The Morgan fingerprint density at radius 1 is 1.44 bits per heavy atom. The van der Waals surface area contributed by atoms with Crippen molar-refractivity contribution in [3.05, 3.63) is 30.1 Å². The summed E-state index contributed by atoms with van der Waals surface area (Å²) in [6.45, 7) is 1.14. The van der Waals surface area contributed by atoms with E-state index in [1.165, 1.54) is 0 Å². The Morgan fingerprint density at radius 2 is 2.17 bits per heavy atom. The molecule has 1 saturated heterocycles. The molecule has 0 spiro atoms. The minimum Gasteiger partial charge on any atom is -0.365 e. The largest absolute Gasteiger partial charge is 0.365 e. The normalized spacial score (nSPS) is 19.4. The van der Waals surface area contributed by atoms with Gasteiger partial charge in [0.2, 0.25) is 0 Å². The second kappa shape index (κ2) is 5.59. The third-order valence-electron chi connectivity index (χ3n) is 2.82. The molecule has 6 heteroatoms. The summed E-state index contributed by atoms with van der Waals surface area (Å²) >= 11 is 0. The van der Waals surface area contributed by atoms with Crippen molar-refractivity contribution in [1.29, 1.82) is 0 Å². The molecule has 1 aliphatic rings. The summed E-state index contributed by atoms with van der Waals surface area (Å²) in [4.78, 5) is 29.1. The SMILES string of the molecule is CNC(=O)[C@@H]1CN(C(=O)c2ccncc2)CCO1. The highest BCUT2D eigenvalue weighted by molar-refractivity contribution is 5.94. The number of hydrogen-bond donors (Lipinski definition) is 1. The van der Waals surface area contributed by atoms with Crippen LogP contribution in [-0.2, 0) is 9.53 Å². The molecule has 18 heavy (non-hydrogen) atoms. The van der Waals surface area contributed by atoms with E-state index in [2.05, 4.69) is 10.3 Å². The van der Waals surface area contributed by atoms with E-state index in [1.807, 2.05) is 0 Å². The van der Waals surface area contributed by atoms with Crippen molar-refractivity contribution in [3.8, 4) is 0 Å². The molecular formula is C12H15N3O3. The molecule has 0 aliphatic carbocycles. The van der Waals surface area contributed by atoms with Crippen LogP contribution in [0.15, 0.2) is 24.5 Å². The van der Waals surface area contributed by atoms with Crippen molar-refractivity contribution in [3.63, 3.8) is 0 Å². The number of rotatable bonds is 2. The fraction of sp³-hybridized carbons (Fsp3) is 0.417. The minimum absolute atomic E-state index is 0.102. The van der Waals surface area contributed by atoms with Gasteiger partial charge in [0.15, 0.2) is 6.10 Å². The smallest absolute Gasteiger partial charge is 0.254 e. The Morgan fingerprint density at radius 3 is 2.83 bits per heavy atom. The standard InChI is InChI=1S/C12H15N3O3/c1-13-11(16)10-8-15(6-7-18-10)12(17)9-2-4-14-5-3-9/h2-5,10H,6-8H2,1H3,(H,13,16)/t10-/m0/s1. The van der Waals surface area contributed by atoms with E-state index < -0.39 is 6.10 Å². The summed E-state index contributed by atoms with van der Waals surface area (Å²) < 4.78 is 5.33. The molecule has 1 aliphatic heterocycles. The maximum Gasteiger partial charge on any atom is 0.254 e. The van der Waals surface area contributed by atoms with Crippen molar-refractivity contribution >= 4 is 11.8 Å². The van der Waals surface area contributed by atoms with E-state index in [-0.39, 0.29) is 18.4 Å². The van der Waals surface area contributed by atoms with Crippen LogP contribution in [0, 0.1) is 0 Å². The molecule has 0 radical (unpaired) electrons. The zero-order chi connectivity index (χ0) is 13.0. The van der Waals surface area contributed by atoms with Crippen LogP contribution in [-0.4, -0.2) is 54.5 Å². The van der Waals surface area contributed by atoms with E-state index in [4.69, 9.17) is 4.74 Å². The quantitative estimate of drug-likeness (QED) is 0.779. The van der Waals surface area contributed by atoms with Crippen LogP contribution < -0.4 is 5.32 Å².